The first-order valence-corrected chi connectivity index (χ1v) is 6.33. The molecule has 1 aliphatic heterocycles. The highest BCUT2D eigenvalue weighted by molar-refractivity contribution is 5.35. The van der Waals surface area contributed by atoms with E-state index in [2.05, 4.69) is 20.5 Å². The summed E-state index contributed by atoms with van der Waals surface area (Å²) in [5, 5.41) is 12.0. The van der Waals surface area contributed by atoms with Crippen molar-refractivity contribution < 1.29 is 0 Å². The molecule has 1 N–H and O–H groups in total. The summed E-state index contributed by atoms with van der Waals surface area (Å²) < 4.78 is 1.99. The third-order valence-electron chi connectivity index (χ3n) is 3.36. The Hall–Kier alpha value is -1.49. The molecule has 17 heavy (non-hydrogen) atoms. The van der Waals surface area contributed by atoms with Gasteiger partial charge in [0.25, 0.3) is 0 Å². The summed E-state index contributed by atoms with van der Waals surface area (Å²) in [6, 6.07) is 2.20. The van der Waals surface area contributed by atoms with Gasteiger partial charge in [-0.2, -0.15) is 0 Å². The van der Waals surface area contributed by atoms with E-state index in [9.17, 15) is 0 Å². The van der Waals surface area contributed by atoms with Crippen LogP contribution in [0.4, 0.5) is 0 Å². The van der Waals surface area contributed by atoms with Crippen LogP contribution in [0.5, 0.6) is 0 Å². The Labute approximate surface area is 100 Å². The van der Waals surface area contributed by atoms with Gasteiger partial charge in [-0.15, -0.1) is 10.2 Å². The zero-order chi connectivity index (χ0) is 11.5. The van der Waals surface area contributed by atoms with E-state index in [1.807, 2.05) is 10.5 Å². The van der Waals surface area contributed by atoms with Crippen LogP contribution >= 0.6 is 0 Å². The minimum Gasteiger partial charge on any atom is -0.307 e. The molecule has 3 heterocycles. The molecule has 1 aliphatic rings. The maximum absolute atomic E-state index is 4.30. The minimum absolute atomic E-state index is 0.314. The summed E-state index contributed by atoms with van der Waals surface area (Å²) in [6.07, 6.45) is 9.85. The molecule has 5 nitrogen and oxygen atoms in total. The lowest BCUT2D eigenvalue weighted by molar-refractivity contribution is 0.411. The van der Waals surface area contributed by atoms with Gasteiger partial charge in [-0.25, -0.2) is 4.98 Å². The van der Waals surface area contributed by atoms with E-state index in [0.29, 0.717) is 6.04 Å². The molecule has 0 aromatic carbocycles. The van der Waals surface area contributed by atoms with Crippen LogP contribution in [0.1, 0.15) is 44.0 Å². The van der Waals surface area contributed by atoms with E-state index >= 15 is 0 Å². The maximum atomic E-state index is 4.30. The fraction of sp³-hybridized carbons (Fsp3) is 0.583. The van der Waals surface area contributed by atoms with Gasteiger partial charge in [0, 0.05) is 12.3 Å². The Balaban J connectivity index is 1.90. The van der Waals surface area contributed by atoms with Crippen LogP contribution in [0.2, 0.25) is 0 Å². The lowest BCUT2D eigenvalue weighted by Crippen LogP contribution is -2.25. The molecule has 1 saturated heterocycles. The Kier molecular flexibility index (Phi) is 3.00. The van der Waals surface area contributed by atoms with E-state index in [0.717, 1.165) is 24.4 Å². The van der Waals surface area contributed by atoms with Crippen molar-refractivity contribution in [1.82, 2.24) is 24.9 Å². The summed E-state index contributed by atoms with van der Waals surface area (Å²) in [5.74, 6) is 0.995. The molecule has 2 aromatic rings. The number of hydrogen-bond acceptors (Lipinski definition) is 4. The van der Waals surface area contributed by atoms with Crippen molar-refractivity contribution in [2.75, 3.05) is 6.54 Å². The maximum Gasteiger partial charge on any atom is 0.163 e. The van der Waals surface area contributed by atoms with E-state index in [4.69, 9.17) is 0 Å². The van der Waals surface area contributed by atoms with Crippen molar-refractivity contribution in [3.05, 3.63) is 24.4 Å². The molecule has 5 heteroatoms. The zero-order valence-electron chi connectivity index (χ0n) is 9.84. The van der Waals surface area contributed by atoms with Crippen molar-refractivity contribution in [2.45, 2.75) is 38.1 Å². The van der Waals surface area contributed by atoms with Gasteiger partial charge in [0.1, 0.15) is 6.33 Å². The topological polar surface area (TPSA) is 55.1 Å². The molecule has 2 aromatic heterocycles. The second-order valence-electron chi connectivity index (χ2n) is 4.58. The largest absolute Gasteiger partial charge is 0.307 e. The first kappa shape index (κ1) is 10.7. The number of nitrogens with one attached hydrogen (secondary N) is 1. The van der Waals surface area contributed by atoms with Crippen LogP contribution in [0.25, 0.3) is 5.65 Å². The quantitative estimate of drug-likeness (QED) is 0.812. The highest BCUT2D eigenvalue weighted by Crippen LogP contribution is 2.21. The van der Waals surface area contributed by atoms with Gasteiger partial charge >= 0.3 is 0 Å². The Morgan fingerprint density at radius 3 is 3.12 bits per heavy atom. The van der Waals surface area contributed by atoms with Crippen LogP contribution in [0, 0.1) is 0 Å². The molecular weight excluding hydrogens is 214 g/mol. The van der Waals surface area contributed by atoms with E-state index in [1.54, 1.807) is 12.5 Å². The minimum atomic E-state index is 0.314. The Morgan fingerprint density at radius 1 is 1.18 bits per heavy atom. The van der Waals surface area contributed by atoms with Crippen molar-refractivity contribution >= 4 is 5.65 Å². The molecule has 1 unspecified atom stereocenters. The van der Waals surface area contributed by atoms with E-state index in [1.165, 1.54) is 25.7 Å². The molecule has 0 radical (unpaired) electrons. The molecule has 90 valence electrons. The number of fused-ring (bicyclic) bond motifs is 1. The fourth-order valence-corrected chi connectivity index (χ4v) is 2.43. The van der Waals surface area contributed by atoms with Gasteiger partial charge in [-0.05, 0) is 19.4 Å². The normalized spacial score (nSPS) is 22.2. The van der Waals surface area contributed by atoms with Crippen LogP contribution in [0.3, 0.4) is 0 Å². The van der Waals surface area contributed by atoms with Gasteiger partial charge in [0.2, 0.25) is 0 Å². The smallest absolute Gasteiger partial charge is 0.163 e. The van der Waals surface area contributed by atoms with Crippen LogP contribution < -0.4 is 5.32 Å². The third-order valence-corrected chi connectivity index (χ3v) is 3.36. The van der Waals surface area contributed by atoms with Crippen LogP contribution in [0.15, 0.2) is 18.6 Å². The summed E-state index contributed by atoms with van der Waals surface area (Å²) in [4.78, 5) is 4.14. The van der Waals surface area contributed by atoms with Crippen molar-refractivity contribution in [3.8, 4) is 0 Å². The SMILES string of the molecule is c1cc2nnc(C3CCCCCCN3)n2cn1. The first-order valence-electron chi connectivity index (χ1n) is 6.33. The van der Waals surface area contributed by atoms with Crippen molar-refractivity contribution in [3.63, 3.8) is 0 Å². The van der Waals surface area contributed by atoms with Gasteiger partial charge in [-0.3, -0.25) is 4.40 Å². The zero-order valence-corrected chi connectivity index (χ0v) is 9.84. The monoisotopic (exact) mass is 231 g/mol. The van der Waals surface area contributed by atoms with Crippen molar-refractivity contribution in [2.24, 2.45) is 0 Å². The van der Waals surface area contributed by atoms with Gasteiger partial charge in [0.15, 0.2) is 11.5 Å². The second-order valence-corrected chi connectivity index (χ2v) is 4.58. The number of nitrogens with zero attached hydrogens (tertiary/aromatic N) is 4. The second kappa shape index (κ2) is 4.79. The van der Waals surface area contributed by atoms with Gasteiger partial charge < -0.3 is 5.32 Å². The molecule has 0 amide bonds. The highest BCUT2D eigenvalue weighted by Gasteiger charge is 2.18. The standard InChI is InChI=1S/C12H17N5/c1-2-4-7-14-10(5-3-1)12-16-15-11-6-8-13-9-17(11)12/h6,8-10,14H,1-5,7H2. The number of aromatic nitrogens is 4. The van der Waals surface area contributed by atoms with E-state index < -0.39 is 0 Å². The molecular formula is C12H17N5. The van der Waals surface area contributed by atoms with E-state index in [-0.39, 0.29) is 0 Å². The summed E-state index contributed by atoms with van der Waals surface area (Å²) >= 11 is 0. The lowest BCUT2D eigenvalue weighted by Gasteiger charge is -2.19. The molecule has 1 atom stereocenters. The van der Waals surface area contributed by atoms with Gasteiger partial charge in [-0.1, -0.05) is 19.3 Å². The summed E-state index contributed by atoms with van der Waals surface area (Å²) in [5.41, 5.74) is 0.874. The number of hydrogen-bond donors (Lipinski definition) is 1. The lowest BCUT2D eigenvalue weighted by atomic mass is 10.0. The predicted molar refractivity (Wildman–Crippen MR) is 64.6 cm³/mol. The van der Waals surface area contributed by atoms with Gasteiger partial charge in [0.05, 0.1) is 6.04 Å². The molecule has 1 fully saturated rings. The van der Waals surface area contributed by atoms with Crippen LogP contribution in [-0.2, 0) is 0 Å². The summed E-state index contributed by atoms with van der Waals surface area (Å²) in [7, 11) is 0. The Morgan fingerprint density at radius 2 is 2.12 bits per heavy atom. The molecule has 0 aliphatic carbocycles. The molecule has 0 bridgehead atoms. The predicted octanol–water partition coefficient (Wildman–Crippen LogP) is 1.72. The third kappa shape index (κ3) is 2.15. The highest BCUT2D eigenvalue weighted by atomic mass is 15.3. The average Bonchev–Trinajstić information content (AvgIpc) is 2.73. The van der Waals surface area contributed by atoms with Crippen molar-refractivity contribution in [1.29, 1.82) is 0 Å². The molecule has 3 rings (SSSR count). The molecule has 0 spiro atoms. The van der Waals surface area contributed by atoms with Crippen LogP contribution in [-0.4, -0.2) is 26.1 Å². The summed E-state index contributed by atoms with van der Waals surface area (Å²) in [6.45, 7) is 1.07. The average molecular weight is 231 g/mol. The Bertz CT molecular complexity index is 484. The fourth-order valence-electron chi connectivity index (χ4n) is 2.43. The molecule has 0 saturated carbocycles. The number of rotatable bonds is 1. The first-order chi connectivity index (χ1) is 8.45.